The molecule has 0 aliphatic carbocycles. The number of allylic oxidation sites excluding steroid dienone is 18. The molecule has 0 heterocycles. The summed E-state index contributed by atoms with van der Waals surface area (Å²) in [6.07, 6.45) is 63.0. The Morgan fingerprint density at radius 3 is 1.13 bits per heavy atom. The fourth-order valence-electron chi connectivity index (χ4n) is 5.39. The van der Waals surface area contributed by atoms with Crippen LogP contribution in [0, 0.1) is 0 Å². The average Bonchev–Trinajstić information content (AvgIpc) is 3.17. The molecular weight excluding hydrogens is 669 g/mol. The first-order valence-electron chi connectivity index (χ1n) is 21.4. The Morgan fingerprint density at radius 2 is 0.741 bits per heavy atom. The number of ether oxygens (including phenoxy) is 2. The van der Waals surface area contributed by atoms with Crippen LogP contribution in [-0.4, -0.2) is 36.4 Å². The van der Waals surface area contributed by atoms with E-state index in [4.69, 9.17) is 9.47 Å². The number of hydrogen-bond acceptors (Lipinski definition) is 5. The average molecular weight is 747 g/mol. The highest BCUT2D eigenvalue weighted by atomic mass is 16.6. The third kappa shape index (κ3) is 41.3. The van der Waals surface area contributed by atoms with Crippen LogP contribution in [0.25, 0.3) is 0 Å². The number of carbonyl (C=O) groups is 2. The van der Waals surface area contributed by atoms with E-state index in [2.05, 4.69) is 123 Å². The Labute approximate surface area is 331 Å². The van der Waals surface area contributed by atoms with Crippen molar-refractivity contribution in [1.82, 2.24) is 0 Å². The van der Waals surface area contributed by atoms with E-state index in [-0.39, 0.29) is 25.2 Å². The van der Waals surface area contributed by atoms with E-state index in [1.54, 1.807) is 0 Å². The molecule has 304 valence electrons. The van der Waals surface area contributed by atoms with Gasteiger partial charge in [-0.3, -0.25) is 9.59 Å². The Balaban J connectivity index is 3.63. The maximum absolute atomic E-state index is 12.2. The maximum atomic E-state index is 12.2. The molecule has 54 heavy (non-hydrogen) atoms. The number of carbonyl (C=O) groups excluding carboxylic acids is 2. The van der Waals surface area contributed by atoms with Crippen LogP contribution in [0.2, 0.25) is 0 Å². The molecule has 0 aromatic carbocycles. The van der Waals surface area contributed by atoms with Crippen LogP contribution in [0.3, 0.4) is 0 Å². The molecule has 0 saturated heterocycles. The number of aliphatic hydroxyl groups excluding tert-OH is 1. The summed E-state index contributed by atoms with van der Waals surface area (Å²) in [5.74, 6) is -0.646. The van der Waals surface area contributed by atoms with Gasteiger partial charge in [0.25, 0.3) is 0 Å². The van der Waals surface area contributed by atoms with Gasteiger partial charge < -0.3 is 14.6 Å². The number of esters is 2. The van der Waals surface area contributed by atoms with Gasteiger partial charge in [0.05, 0.1) is 6.61 Å². The standard InChI is InChI=1S/C49H78O5/c1-3-5-7-9-11-13-15-17-18-19-20-21-22-23-24-25-26-27-28-29-30-32-34-36-38-40-42-44-49(52)54-47(45-50)46-53-48(51)43-41-39-37-35-33-31-16-14-12-10-8-6-4-2/h5-8,11-14,17-18,20-21,23-24,26-27,31,33,47,50H,3-4,9-10,15-16,19,22,25,28-30,32,34-46H2,1-2H3/b7-5-,8-6-,13-11-,14-12-,18-17-,21-20-,24-23-,27-26-,33-31-. The second-order valence-electron chi connectivity index (χ2n) is 13.7. The van der Waals surface area contributed by atoms with Gasteiger partial charge in [-0.1, -0.05) is 168 Å². The second-order valence-corrected chi connectivity index (χ2v) is 13.7. The molecule has 0 rings (SSSR count). The minimum Gasteiger partial charge on any atom is -0.462 e. The molecule has 5 heteroatoms. The van der Waals surface area contributed by atoms with E-state index < -0.39 is 6.10 Å². The summed E-state index contributed by atoms with van der Waals surface area (Å²) in [7, 11) is 0. The lowest BCUT2D eigenvalue weighted by molar-refractivity contribution is -0.161. The van der Waals surface area contributed by atoms with E-state index in [0.717, 1.165) is 109 Å². The number of hydrogen-bond donors (Lipinski definition) is 1. The molecule has 0 aromatic heterocycles. The zero-order chi connectivity index (χ0) is 39.3. The molecule has 0 aliphatic heterocycles. The predicted molar refractivity (Wildman–Crippen MR) is 232 cm³/mol. The van der Waals surface area contributed by atoms with Gasteiger partial charge in [0.2, 0.25) is 0 Å². The summed E-state index contributed by atoms with van der Waals surface area (Å²) >= 11 is 0. The summed E-state index contributed by atoms with van der Waals surface area (Å²) in [5.41, 5.74) is 0. The Bertz CT molecular complexity index is 1120. The Morgan fingerprint density at radius 1 is 0.426 bits per heavy atom. The van der Waals surface area contributed by atoms with Gasteiger partial charge in [-0.15, -0.1) is 0 Å². The van der Waals surface area contributed by atoms with Gasteiger partial charge in [0.1, 0.15) is 6.61 Å². The van der Waals surface area contributed by atoms with Gasteiger partial charge in [-0.2, -0.15) is 0 Å². The molecule has 0 radical (unpaired) electrons. The van der Waals surface area contributed by atoms with Gasteiger partial charge in [0.15, 0.2) is 6.10 Å². The summed E-state index contributed by atoms with van der Waals surface area (Å²) in [6.45, 7) is 3.85. The molecule has 0 aliphatic rings. The molecule has 0 aromatic rings. The lowest BCUT2D eigenvalue weighted by atomic mass is 10.1. The van der Waals surface area contributed by atoms with Crippen LogP contribution in [0.1, 0.15) is 168 Å². The van der Waals surface area contributed by atoms with E-state index in [0.29, 0.717) is 12.8 Å². The topological polar surface area (TPSA) is 72.8 Å². The molecular formula is C49H78O5. The summed E-state index contributed by atoms with van der Waals surface area (Å²) in [5, 5.41) is 9.57. The fraction of sp³-hybridized carbons (Fsp3) is 0.592. The molecule has 5 nitrogen and oxygen atoms in total. The summed E-state index contributed by atoms with van der Waals surface area (Å²) in [6, 6.07) is 0. The maximum Gasteiger partial charge on any atom is 0.306 e. The molecule has 1 unspecified atom stereocenters. The van der Waals surface area contributed by atoms with Gasteiger partial charge in [0, 0.05) is 12.8 Å². The monoisotopic (exact) mass is 747 g/mol. The van der Waals surface area contributed by atoms with Crippen molar-refractivity contribution in [3.63, 3.8) is 0 Å². The third-order valence-corrected chi connectivity index (χ3v) is 8.56. The highest BCUT2D eigenvalue weighted by molar-refractivity contribution is 5.70. The molecule has 0 saturated carbocycles. The highest BCUT2D eigenvalue weighted by Crippen LogP contribution is 2.12. The first kappa shape index (κ1) is 50.6. The van der Waals surface area contributed by atoms with Crippen LogP contribution in [0.4, 0.5) is 0 Å². The highest BCUT2D eigenvalue weighted by Gasteiger charge is 2.16. The second kappa shape index (κ2) is 44.0. The van der Waals surface area contributed by atoms with Crippen LogP contribution in [0.15, 0.2) is 109 Å². The van der Waals surface area contributed by atoms with Crippen molar-refractivity contribution < 1.29 is 24.2 Å². The van der Waals surface area contributed by atoms with E-state index >= 15 is 0 Å². The Kier molecular flexibility index (Phi) is 41.2. The summed E-state index contributed by atoms with van der Waals surface area (Å²) in [4.78, 5) is 24.3. The zero-order valence-corrected chi connectivity index (χ0v) is 34.4. The fourth-order valence-corrected chi connectivity index (χ4v) is 5.39. The van der Waals surface area contributed by atoms with Crippen molar-refractivity contribution in [2.24, 2.45) is 0 Å². The summed E-state index contributed by atoms with van der Waals surface area (Å²) < 4.78 is 10.6. The quantitative estimate of drug-likeness (QED) is 0.0389. The first-order chi connectivity index (χ1) is 26.6. The van der Waals surface area contributed by atoms with Crippen LogP contribution in [0.5, 0.6) is 0 Å². The smallest absolute Gasteiger partial charge is 0.306 e. The molecule has 0 bridgehead atoms. The third-order valence-electron chi connectivity index (χ3n) is 8.56. The lowest BCUT2D eigenvalue weighted by Gasteiger charge is -2.15. The van der Waals surface area contributed by atoms with Crippen molar-refractivity contribution in [3.05, 3.63) is 109 Å². The van der Waals surface area contributed by atoms with Crippen LogP contribution in [-0.2, 0) is 19.1 Å². The zero-order valence-electron chi connectivity index (χ0n) is 34.4. The molecule has 1 atom stereocenters. The van der Waals surface area contributed by atoms with Gasteiger partial charge in [-0.25, -0.2) is 0 Å². The SMILES string of the molecule is CC/C=C\C/C=C\C/C=C\C/C=C\C/C=C\C/C=C\CCCCCCCCCCC(=O)OC(CO)COC(=O)CCCCC/C=C\C/C=C\C/C=C\CC. The number of unbranched alkanes of at least 4 members (excludes halogenated alkanes) is 11. The lowest BCUT2D eigenvalue weighted by Crippen LogP contribution is -2.28. The molecule has 1 N–H and O–H groups in total. The normalized spacial score (nSPS) is 13.3. The minimum absolute atomic E-state index is 0.0916. The Hall–Kier alpha value is -3.44. The van der Waals surface area contributed by atoms with Gasteiger partial charge >= 0.3 is 11.9 Å². The van der Waals surface area contributed by atoms with Crippen molar-refractivity contribution in [2.45, 2.75) is 174 Å². The van der Waals surface area contributed by atoms with Crippen LogP contribution < -0.4 is 0 Å². The molecule has 0 amide bonds. The van der Waals surface area contributed by atoms with Crippen molar-refractivity contribution in [3.8, 4) is 0 Å². The number of rotatable bonds is 37. The van der Waals surface area contributed by atoms with E-state index in [9.17, 15) is 14.7 Å². The van der Waals surface area contributed by atoms with Crippen molar-refractivity contribution in [1.29, 1.82) is 0 Å². The van der Waals surface area contributed by atoms with Crippen LogP contribution >= 0.6 is 0 Å². The van der Waals surface area contributed by atoms with E-state index in [1.165, 1.54) is 32.1 Å². The molecule has 0 fully saturated rings. The van der Waals surface area contributed by atoms with Gasteiger partial charge in [-0.05, 0) is 96.3 Å². The minimum atomic E-state index is -0.795. The first-order valence-corrected chi connectivity index (χ1v) is 21.4. The molecule has 0 spiro atoms. The van der Waals surface area contributed by atoms with Crippen molar-refractivity contribution >= 4 is 11.9 Å². The van der Waals surface area contributed by atoms with E-state index in [1.807, 2.05) is 0 Å². The van der Waals surface area contributed by atoms with Crippen molar-refractivity contribution in [2.75, 3.05) is 13.2 Å². The largest absolute Gasteiger partial charge is 0.462 e. The predicted octanol–water partition coefficient (Wildman–Crippen LogP) is 13.8. The number of aliphatic hydroxyl groups is 1.